The molecule has 1 aromatic carbocycles. The Balaban J connectivity index is 1.75. The number of ether oxygens (including phenoxy) is 2. The topological polar surface area (TPSA) is 86.5 Å². The lowest BCUT2D eigenvalue weighted by molar-refractivity contribution is -0.136. The van der Waals surface area contributed by atoms with Gasteiger partial charge >= 0.3 is 0 Å². The predicted molar refractivity (Wildman–Crippen MR) is 107 cm³/mol. The lowest BCUT2D eigenvalue weighted by Gasteiger charge is -2.35. The van der Waals surface area contributed by atoms with Crippen LogP contribution in [0.4, 0.5) is 0 Å². The number of nitrogens with zero attached hydrogens (tertiary/aromatic N) is 1. The quantitative estimate of drug-likeness (QED) is 0.793. The van der Waals surface area contributed by atoms with Crippen molar-refractivity contribution in [2.45, 2.75) is 32.7 Å². The van der Waals surface area contributed by atoms with Gasteiger partial charge in [0.2, 0.25) is 5.91 Å². The lowest BCUT2D eigenvalue weighted by atomic mass is 9.79. The minimum absolute atomic E-state index is 0.0135. The maximum Gasteiger partial charge on any atom is 0.228 e. The van der Waals surface area contributed by atoms with E-state index >= 15 is 0 Å². The number of hydrogen-bond donors (Lipinski definition) is 2. The standard InChI is InChI=1S/C20H27N3O3S/c1-13-17(27-18(22-13)15-4-6-16(25-3)7-5-15)14(2)23-19(24)20(12-21)8-10-26-11-9-20/h4-7,14H,8-12,21H2,1-3H3,(H,23,24). The fraction of sp³-hybridized carbons (Fsp3) is 0.500. The number of carbonyl (C=O) groups excluding carboxylic acids is 1. The molecular formula is C20H27N3O3S. The summed E-state index contributed by atoms with van der Waals surface area (Å²) >= 11 is 1.61. The molecule has 1 fully saturated rings. The zero-order valence-electron chi connectivity index (χ0n) is 16.1. The van der Waals surface area contributed by atoms with E-state index in [4.69, 9.17) is 20.2 Å². The van der Waals surface area contributed by atoms with Gasteiger partial charge in [0.1, 0.15) is 10.8 Å². The van der Waals surface area contributed by atoms with Crippen molar-refractivity contribution in [1.82, 2.24) is 10.3 Å². The summed E-state index contributed by atoms with van der Waals surface area (Å²) in [5.41, 5.74) is 7.40. The smallest absolute Gasteiger partial charge is 0.228 e. The van der Waals surface area contributed by atoms with Gasteiger partial charge in [0.05, 0.1) is 29.1 Å². The van der Waals surface area contributed by atoms with Gasteiger partial charge in [-0.15, -0.1) is 11.3 Å². The molecule has 1 atom stereocenters. The molecule has 0 aliphatic carbocycles. The van der Waals surface area contributed by atoms with Crippen LogP contribution in [0.5, 0.6) is 5.75 Å². The molecule has 2 aromatic rings. The molecule has 7 heteroatoms. The van der Waals surface area contributed by atoms with Gasteiger partial charge in [0.25, 0.3) is 0 Å². The first-order valence-corrected chi connectivity index (χ1v) is 10.0. The number of methoxy groups -OCH3 is 1. The third kappa shape index (κ3) is 4.15. The number of hydrogen-bond acceptors (Lipinski definition) is 6. The Morgan fingerprint density at radius 3 is 2.63 bits per heavy atom. The number of carbonyl (C=O) groups is 1. The third-order valence-corrected chi connectivity index (χ3v) is 6.62. The number of aryl methyl sites for hydroxylation is 1. The first kappa shape index (κ1) is 19.8. The maximum atomic E-state index is 12.9. The van der Waals surface area contributed by atoms with Crippen molar-refractivity contribution < 1.29 is 14.3 Å². The molecule has 1 aliphatic rings. The van der Waals surface area contributed by atoms with Crippen molar-refractivity contribution in [3.63, 3.8) is 0 Å². The van der Waals surface area contributed by atoms with Crippen molar-refractivity contribution in [2.24, 2.45) is 11.1 Å². The molecule has 3 rings (SSSR count). The summed E-state index contributed by atoms with van der Waals surface area (Å²) in [5, 5.41) is 4.09. The molecule has 146 valence electrons. The van der Waals surface area contributed by atoms with E-state index in [1.165, 1.54) is 0 Å². The Morgan fingerprint density at radius 1 is 1.37 bits per heavy atom. The molecule has 1 saturated heterocycles. The normalized spacial score (nSPS) is 17.3. The fourth-order valence-corrected chi connectivity index (χ4v) is 4.44. The van der Waals surface area contributed by atoms with Crippen molar-refractivity contribution in [3.8, 4) is 16.3 Å². The van der Waals surface area contributed by atoms with E-state index in [2.05, 4.69) is 5.32 Å². The second-order valence-electron chi connectivity index (χ2n) is 6.99. The highest BCUT2D eigenvalue weighted by Gasteiger charge is 2.39. The lowest BCUT2D eigenvalue weighted by Crippen LogP contribution is -2.49. The average molecular weight is 390 g/mol. The van der Waals surface area contributed by atoms with Crippen LogP contribution in [0, 0.1) is 12.3 Å². The monoisotopic (exact) mass is 389 g/mol. The van der Waals surface area contributed by atoms with E-state index in [0.717, 1.165) is 26.9 Å². The molecule has 27 heavy (non-hydrogen) atoms. The van der Waals surface area contributed by atoms with Gasteiger partial charge in [0, 0.05) is 25.3 Å². The first-order chi connectivity index (χ1) is 13.0. The summed E-state index contributed by atoms with van der Waals surface area (Å²) in [6, 6.07) is 7.72. The molecule has 0 radical (unpaired) electrons. The Kier molecular flexibility index (Phi) is 6.14. The van der Waals surface area contributed by atoms with Gasteiger partial charge in [-0.2, -0.15) is 0 Å². The molecule has 0 saturated carbocycles. The largest absolute Gasteiger partial charge is 0.497 e. The van der Waals surface area contributed by atoms with Gasteiger partial charge in [-0.1, -0.05) is 0 Å². The Bertz CT molecular complexity index is 782. The van der Waals surface area contributed by atoms with E-state index in [0.29, 0.717) is 32.6 Å². The second-order valence-corrected chi connectivity index (χ2v) is 8.02. The maximum absolute atomic E-state index is 12.9. The number of amides is 1. The Hall–Kier alpha value is -1.96. The average Bonchev–Trinajstić information content (AvgIpc) is 3.10. The zero-order valence-corrected chi connectivity index (χ0v) is 16.9. The van der Waals surface area contributed by atoms with Crippen molar-refractivity contribution in [3.05, 3.63) is 34.8 Å². The number of nitrogens with two attached hydrogens (primary N) is 1. The van der Waals surface area contributed by atoms with E-state index < -0.39 is 5.41 Å². The van der Waals surface area contributed by atoms with Crippen LogP contribution in [0.15, 0.2) is 24.3 Å². The summed E-state index contributed by atoms with van der Waals surface area (Å²) < 4.78 is 10.6. The van der Waals surface area contributed by atoms with E-state index in [1.54, 1.807) is 18.4 Å². The molecule has 3 N–H and O–H groups in total. The highest BCUT2D eigenvalue weighted by molar-refractivity contribution is 7.15. The van der Waals surface area contributed by atoms with Crippen LogP contribution in [-0.2, 0) is 9.53 Å². The van der Waals surface area contributed by atoms with Crippen LogP contribution in [-0.4, -0.2) is 37.8 Å². The Morgan fingerprint density at radius 2 is 2.04 bits per heavy atom. The minimum atomic E-state index is -0.524. The number of nitrogens with one attached hydrogen (secondary N) is 1. The summed E-state index contributed by atoms with van der Waals surface area (Å²) in [4.78, 5) is 18.7. The van der Waals surface area contributed by atoms with Crippen LogP contribution >= 0.6 is 11.3 Å². The minimum Gasteiger partial charge on any atom is -0.497 e. The number of aromatic nitrogens is 1. The van der Waals surface area contributed by atoms with Crippen LogP contribution in [0.2, 0.25) is 0 Å². The summed E-state index contributed by atoms with van der Waals surface area (Å²) in [6.45, 7) is 5.49. The second kappa shape index (κ2) is 8.37. The van der Waals surface area contributed by atoms with Crippen LogP contribution in [0.1, 0.15) is 36.4 Å². The highest BCUT2D eigenvalue weighted by atomic mass is 32.1. The van der Waals surface area contributed by atoms with E-state index in [1.807, 2.05) is 38.1 Å². The van der Waals surface area contributed by atoms with E-state index in [-0.39, 0.29) is 11.9 Å². The van der Waals surface area contributed by atoms with E-state index in [9.17, 15) is 4.79 Å². The van der Waals surface area contributed by atoms with Gasteiger partial charge in [-0.05, 0) is 51.0 Å². The van der Waals surface area contributed by atoms with Crippen LogP contribution in [0.25, 0.3) is 10.6 Å². The zero-order chi connectivity index (χ0) is 19.4. The van der Waals surface area contributed by atoms with Gasteiger partial charge in [-0.25, -0.2) is 4.98 Å². The summed E-state index contributed by atoms with van der Waals surface area (Å²) in [6.07, 6.45) is 1.33. The molecule has 1 aliphatic heterocycles. The summed E-state index contributed by atoms with van der Waals surface area (Å²) in [5.74, 6) is 0.830. The predicted octanol–water partition coefficient (Wildman–Crippen LogP) is 3.06. The molecule has 1 unspecified atom stereocenters. The van der Waals surface area contributed by atoms with Crippen LogP contribution < -0.4 is 15.8 Å². The molecule has 0 spiro atoms. The van der Waals surface area contributed by atoms with Crippen molar-refractivity contribution in [2.75, 3.05) is 26.9 Å². The molecule has 1 amide bonds. The summed E-state index contributed by atoms with van der Waals surface area (Å²) in [7, 11) is 1.65. The SMILES string of the molecule is COc1ccc(-c2nc(C)c(C(C)NC(=O)C3(CN)CCOCC3)s2)cc1. The van der Waals surface area contributed by atoms with Gasteiger partial charge < -0.3 is 20.5 Å². The number of rotatable bonds is 6. The number of thiazole rings is 1. The third-order valence-electron chi connectivity index (χ3n) is 5.23. The highest BCUT2D eigenvalue weighted by Crippen LogP contribution is 2.34. The molecule has 2 heterocycles. The molecule has 6 nitrogen and oxygen atoms in total. The Labute approximate surface area is 164 Å². The molecular weight excluding hydrogens is 362 g/mol. The van der Waals surface area contributed by atoms with Crippen molar-refractivity contribution >= 4 is 17.2 Å². The molecule has 0 bridgehead atoms. The van der Waals surface area contributed by atoms with Crippen LogP contribution in [0.3, 0.4) is 0 Å². The molecule has 1 aromatic heterocycles. The first-order valence-electron chi connectivity index (χ1n) is 9.19. The van der Waals surface area contributed by atoms with Gasteiger partial charge in [-0.3, -0.25) is 4.79 Å². The van der Waals surface area contributed by atoms with Crippen molar-refractivity contribution in [1.29, 1.82) is 0 Å². The van der Waals surface area contributed by atoms with Gasteiger partial charge in [0.15, 0.2) is 0 Å². The number of benzene rings is 1. The fourth-order valence-electron chi connectivity index (χ4n) is 3.37.